The average Bonchev–Trinajstić information content (AvgIpc) is 2.29. The molecule has 16 heavy (non-hydrogen) atoms. The summed E-state index contributed by atoms with van der Waals surface area (Å²) < 4.78 is -0.653. The second-order valence-electron chi connectivity index (χ2n) is 3.63. The van der Waals surface area contributed by atoms with E-state index in [-0.39, 0.29) is 11.7 Å². The van der Waals surface area contributed by atoms with E-state index in [9.17, 15) is 4.79 Å². The molecule has 0 bridgehead atoms. The van der Waals surface area contributed by atoms with Crippen LogP contribution in [0.25, 0.3) is 0 Å². The molecule has 2 rings (SSSR count). The molecule has 0 spiro atoms. The molecule has 0 heterocycles. The molecule has 82 valence electrons. The van der Waals surface area contributed by atoms with Gasteiger partial charge in [-0.05, 0) is 0 Å². The summed E-state index contributed by atoms with van der Waals surface area (Å²) >= 11 is 8.41. The number of carbonyl (C=O) groups excluding carboxylic acids is 1. The Labute approximate surface area is 113 Å². The van der Waals surface area contributed by atoms with Crippen LogP contribution in [0.15, 0.2) is 54.6 Å². The van der Waals surface area contributed by atoms with Crippen molar-refractivity contribution >= 4 is 40.0 Å². The average molecular weight is 345 g/mol. The van der Waals surface area contributed by atoms with Crippen LogP contribution in [-0.4, -0.2) is 8.66 Å². The van der Waals surface area contributed by atoms with Crippen LogP contribution in [0.2, 0.25) is 0 Å². The van der Waals surface area contributed by atoms with E-state index in [4.69, 9.17) is 11.6 Å². The van der Waals surface area contributed by atoms with Crippen LogP contribution in [0.1, 0.15) is 10.4 Å². The lowest BCUT2D eigenvalue weighted by atomic mass is 9.91. The molecular weight excluding hydrogens is 334 g/mol. The first-order valence-corrected chi connectivity index (χ1v) is 6.40. The maximum absolute atomic E-state index is 12.2. The Morgan fingerprint density at radius 2 is 1.94 bits per heavy atom. The summed E-state index contributed by atoms with van der Waals surface area (Å²) in [7, 11) is 0. The quantitative estimate of drug-likeness (QED) is 0.450. The summed E-state index contributed by atoms with van der Waals surface area (Å²) in [6.45, 7) is 0. The number of rotatable bonds is 2. The van der Waals surface area contributed by atoms with Gasteiger partial charge in [-0.25, -0.2) is 0 Å². The lowest BCUT2D eigenvalue weighted by Gasteiger charge is -2.26. The van der Waals surface area contributed by atoms with Gasteiger partial charge in [-0.2, -0.15) is 0 Å². The SMILES string of the molecule is O=C(c1ccccc1)C1C=CC=CC1(Cl)I. The van der Waals surface area contributed by atoms with Crippen LogP contribution in [0, 0.1) is 5.92 Å². The van der Waals surface area contributed by atoms with Gasteiger partial charge in [0.05, 0.1) is 5.92 Å². The van der Waals surface area contributed by atoms with Gasteiger partial charge >= 0.3 is 0 Å². The molecular formula is C13H10ClIO. The predicted molar refractivity (Wildman–Crippen MR) is 75.1 cm³/mol. The second kappa shape index (κ2) is 4.72. The third-order valence-electron chi connectivity index (χ3n) is 2.49. The Bertz CT molecular complexity index is 448. The van der Waals surface area contributed by atoms with Crippen molar-refractivity contribution < 1.29 is 4.79 Å². The molecule has 0 saturated carbocycles. The number of allylic oxidation sites excluding steroid dienone is 4. The molecule has 0 aliphatic heterocycles. The highest BCUT2D eigenvalue weighted by molar-refractivity contribution is 14.1. The van der Waals surface area contributed by atoms with Crippen molar-refractivity contribution in [3.05, 3.63) is 60.2 Å². The second-order valence-corrected chi connectivity index (χ2v) is 6.67. The Balaban J connectivity index is 2.30. The first-order valence-electron chi connectivity index (χ1n) is 4.94. The first-order chi connectivity index (χ1) is 7.61. The van der Waals surface area contributed by atoms with Crippen molar-refractivity contribution in [3.8, 4) is 0 Å². The number of hydrogen-bond acceptors (Lipinski definition) is 1. The molecule has 1 nitrogen and oxygen atoms in total. The van der Waals surface area contributed by atoms with Gasteiger partial charge in [-0.15, -0.1) is 11.6 Å². The van der Waals surface area contributed by atoms with Crippen molar-refractivity contribution in [1.29, 1.82) is 0 Å². The number of hydrogen-bond donors (Lipinski definition) is 0. The van der Waals surface area contributed by atoms with Gasteiger partial charge < -0.3 is 0 Å². The zero-order valence-corrected chi connectivity index (χ0v) is 11.4. The highest BCUT2D eigenvalue weighted by Gasteiger charge is 2.36. The van der Waals surface area contributed by atoms with Crippen LogP contribution in [-0.2, 0) is 0 Å². The lowest BCUT2D eigenvalue weighted by Crippen LogP contribution is -2.30. The number of alkyl halides is 2. The van der Waals surface area contributed by atoms with Crippen LogP contribution in [0.4, 0.5) is 0 Å². The molecule has 0 aromatic heterocycles. The monoisotopic (exact) mass is 344 g/mol. The van der Waals surface area contributed by atoms with E-state index in [1.165, 1.54) is 0 Å². The number of Topliss-reactive ketones (excluding diaryl/α,β-unsaturated/α-hetero) is 1. The summed E-state index contributed by atoms with van der Waals surface area (Å²) in [5, 5.41) is 0. The van der Waals surface area contributed by atoms with Crippen molar-refractivity contribution in [2.24, 2.45) is 5.92 Å². The van der Waals surface area contributed by atoms with E-state index in [1.54, 1.807) is 0 Å². The Morgan fingerprint density at radius 3 is 2.56 bits per heavy atom. The van der Waals surface area contributed by atoms with E-state index in [2.05, 4.69) is 22.6 Å². The zero-order valence-electron chi connectivity index (χ0n) is 8.44. The highest BCUT2D eigenvalue weighted by atomic mass is 127. The van der Waals surface area contributed by atoms with Crippen molar-refractivity contribution in [3.63, 3.8) is 0 Å². The van der Waals surface area contributed by atoms with Crippen molar-refractivity contribution in [2.75, 3.05) is 0 Å². The molecule has 0 radical (unpaired) electrons. The molecule has 0 saturated heterocycles. The Kier molecular flexibility index (Phi) is 3.50. The largest absolute Gasteiger partial charge is 0.293 e. The number of ketones is 1. The van der Waals surface area contributed by atoms with E-state index in [0.717, 1.165) is 0 Å². The molecule has 2 atom stereocenters. The van der Waals surface area contributed by atoms with Crippen LogP contribution in [0.3, 0.4) is 0 Å². The molecule has 1 aromatic rings. The summed E-state index contributed by atoms with van der Waals surface area (Å²) in [6.07, 6.45) is 7.44. The van der Waals surface area contributed by atoms with Crippen molar-refractivity contribution in [1.82, 2.24) is 0 Å². The summed E-state index contributed by atoms with van der Waals surface area (Å²) in [5.41, 5.74) is 0.703. The molecule has 0 amide bonds. The fourth-order valence-electron chi connectivity index (χ4n) is 1.64. The minimum absolute atomic E-state index is 0.0607. The van der Waals surface area contributed by atoms with Gasteiger partial charge in [0.15, 0.2) is 5.78 Å². The summed E-state index contributed by atoms with van der Waals surface area (Å²) in [6, 6.07) is 9.25. The smallest absolute Gasteiger partial charge is 0.172 e. The van der Waals surface area contributed by atoms with E-state index >= 15 is 0 Å². The molecule has 3 heteroatoms. The van der Waals surface area contributed by atoms with Crippen LogP contribution < -0.4 is 0 Å². The standard InChI is InChI=1S/C13H10ClIO/c14-13(15)9-5-4-8-11(13)12(16)10-6-2-1-3-7-10/h1-9,11H. The maximum atomic E-state index is 12.2. The summed E-state index contributed by atoms with van der Waals surface area (Å²) in [4.78, 5) is 12.2. The fourth-order valence-corrected chi connectivity index (χ4v) is 2.58. The number of halogens is 2. The van der Waals surface area contributed by atoms with E-state index in [1.807, 2.05) is 54.6 Å². The molecule has 1 aliphatic carbocycles. The molecule has 0 N–H and O–H groups in total. The van der Waals surface area contributed by atoms with E-state index in [0.29, 0.717) is 5.56 Å². The Hall–Kier alpha value is -0.610. The molecule has 2 unspecified atom stereocenters. The van der Waals surface area contributed by atoms with Crippen LogP contribution in [0.5, 0.6) is 0 Å². The van der Waals surface area contributed by atoms with Gasteiger partial charge in [0.2, 0.25) is 0 Å². The van der Waals surface area contributed by atoms with Gasteiger partial charge in [-0.1, -0.05) is 77.2 Å². The zero-order chi connectivity index (χ0) is 11.6. The third-order valence-corrected chi connectivity index (χ3v) is 3.88. The minimum atomic E-state index is -0.653. The van der Waals surface area contributed by atoms with Gasteiger partial charge in [0.1, 0.15) is 2.88 Å². The van der Waals surface area contributed by atoms with Gasteiger partial charge in [0, 0.05) is 5.56 Å². The topological polar surface area (TPSA) is 17.1 Å². The van der Waals surface area contributed by atoms with Crippen molar-refractivity contribution in [2.45, 2.75) is 2.88 Å². The Morgan fingerprint density at radius 1 is 1.25 bits per heavy atom. The number of benzene rings is 1. The molecule has 0 fully saturated rings. The third kappa shape index (κ3) is 2.38. The summed E-state index contributed by atoms with van der Waals surface area (Å²) in [5.74, 6) is -0.243. The van der Waals surface area contributed by atoms with Gasteiger partial charge in [-0.3, -0.25) is 4.79 Å². The molecule has 1 aliphatic rings. The lowest BCUT2D eigenvalue weighted by molar-refractivity contribution is 0.0945. The fraction of sp³-hybridized carbons (Fsp3) is 0.154. The van der Waals surface area contributed by atoms with Gasteiger partial charge in [0.25, 0.3) is 0 Å². The number of carbonyl (C=O) groups is 1. The predicted octanol–water partition coefficient (Wildman–Crippen LogP) is 3.98. The first kappa shape index (κ1) is 11.9. The minimum Gasteiger partial charge on any atom is -0.293 e. The maximum Gasteiger partial charge on any atom is 0.172 e. The normalized spacial score (nSPS) is 28.0. The highest BCUT2D eigenvalue weighted by Crippen LogP contribution is 2.39. The van der Waals surface area contributed by atoms with Crippen LogP contribution >= 0.6 is 34.2 Å². The van der Waals surface area contributed by atoms with E-state index < -0.39 is 2.88 Å². The molecule has 1 aromatic carbocycles.